The molecule has 2 aliphatic heterocycles. The van der Waals surface area contributed by atoms with Crippen LogP contribution >= 0.6 is 15.8 Å². The molecule has 0 bridgehead atoms. The molecular weight excluding hydrogens is 326 g/mol. The fourth-order valence-corrected chi connectivity index (χ4v) is 13.1. The van der Waals surface area contributed by atoms with Crippen LogP contribution in [0, 0.1) is 0 Å². The molecule has 2 heterocycles. The van der Waals surface area contributed by atoms with Crippen LogP contribution in [-0.4, -0.2) is 22.6 Å². The van der Waals surface area contributed by atoms with Gasteiger partial charge in [0.2, 0.25) is 0 Å². The van der Waals surface area contributed by atoms with Crippen LogP contribution in [0.5, 0.6) is 0 Å². The normalized spacial score (nSPS) is 36.3. The largest absolute Gasteiger partial charge is 0.0683 e. The number of rotatable bonds is 6. The lowest BCUT2D eigenvalue weighted by molar-refractivity contribution is 0.696. The van der Waals surface area contributed by atoms with Crippen molar-refractivity contribution in [2.45, 2.75) is 102 Å². The van der Waals surface area contributed by atoms with Crippen molar-refractivity contribution in [3.8, 4) is 0 Å². The Balaban J connectivity index is 2.01. The quantitative estimate of drug-likeness (QED) is 0.500. The molecule has 0 radical (unpaired) electrons. The van der Waals surface area contributed by atoms with Gasteiger partial charge < -0.3 is 0 Å². The van der Waals surface area contributed by atoms with Crippen LogP contribution in [0.1, 0.15) is 79.1 Å². The van der Waals surface area contributed by atoms with E-state index < -0.39 is 0 Å². The molecule has 2 unspecified atom stereocenters. The van der Waals surface area contributed by atoms with Gasteiger partial charge in [0.25, 0.3) is 0 Å². The number of hydrogen-bond acceptors (Lipinski definition) is 0. The van der Waals surface area contributed by atoms with Crippen molar-refractivity contribution in [2.75, 3.05) is 0 Å². The maximum atomic E-state index is 2.55. The Morgan fingerprint density at radius 1 is 0.625 bits per heavy atom. The second-order valence-electron chi connectivity index (χ2n) is 7.71. The van der Waals surface area contributed by atoms with Crippen LogP contribution < -0.4 is 10.6 Å². The Bertz CT molecular complexity index is 455. The van der Waals surface area contributed by atoms with Gasteiger partial charge in [-0.3, -0.25) is 0 Å². The van der Waals surface area contributed by atoms with Crippen molar-refractivity contribution >= 4 is 26.5 Å². The molecule has 134 valence electrons. The smallest absolute Gasteiger partial charge is 0.0158 e. The molecule has 0 spiro atoms. The van der Waals surface area contributed by atoms with E-state index in [1.807, 2.05) is 10.6 Å². The minimum absolute atomic E-state index is 0.0639. The van der Waals surface area contributed by atoms with Gasteiger partial charge in [0.15, 0.2) is 0 Å². The Hall–Kier alpha value is 0.0800. The molecule has 0 nitrogen and oxygen atoms in total. The van der Waals surface area contributed by atoms with Crippen molar-refractivity contribution in [2.24, 2.45) is 0 Å². The van der Waals surface area contributed by atoms with Gasteiger partial charge in [0.05, 0.1) is 0 Å². The van der Waals surface area contributed by atoms with Crippen molar-refractivity contribution in [3.63, 3.8) is 0 Å². The molecule has 1 aromatic carbocycles. The van der Waals surface area contributed by atoms with Gasteiger partial charge in [-0.1, -0.05) is 67.8 Å². The van der Waals surface area contributed by atoms with E-state index in [0.29, 0.717) is 0 Å². The average molecular weight is 362 g/mol. The summed E-state index contributed by atoms with van der Waals surface area (Å²) >= 11 is 0. The highest BCUT2D eigenvalue weighted by Crippen LogP contribution is 2.61. The second-order valence-corrected chi connectivity index (χ2v) is 13.2. The van der Waals surface area contributed by atoms with Crippen LogP contribution in [0.3, 0.4) is 0 Å². The lowest BCUT2D eigenvalue weighted by Gasteiger charge is -2.32. The average Bonchev–Trinajstić information content (AvgIpc) is 3.24. The van der Waals surface area contributed by atoms with Crippen molar-refractivity contribution in [1.82, 2.24) is 0 Å². The Kier molecular flexibility index (Phi) is 6.79. The standard InChI is InChI=1S/C22H36P2/c1-5-17-13-14-18(6-2)23(17)21-11-9-10-12-22(21)24-19(7-3)15-16-20(24)8-4/h9-12,17-20H,5-8,13-16H2,1-4H3/t17-,18+,19-,20+,23?,24?. The van der Waals surface area contributed by atoms with Gasteiger partial charge in [0.1, 0.15) is 0 Å². The number of hydrogen-bond donors (Lipinski definition) is 0. The molecule has 0 saturated carbocycles. The molecule has 0 aliphatic carbocycles. The minimum Gasteiger partial charge on any atom is -0.0683 e. The first-order valence-corrected chi connectivity index (χ1v) is 13.4. The van der Waals surface area contributed by atoms with Crippen LogP contribution in [0.15, 0.2) is 24.3 Å². The Labute approximate surface area is 152 Å². The van der Waals surface area contributed by atoms with E-state index in [0.717, 1.165) is 22.6 Å². The van der Waals surface area contributed by atoms with Crippen LogP contribution in [0.4, 0.5) is 0 Å². The Morgan fingerprint density at radius 2 is 0.917 bits per heavy atom. The molecule has 2 saturated heterocycles. The predicted octanol–water partition coefficient (Wildman–Crippen LogP) is 6.60. The molecule has 2 aliphatic rings. The SMILES string of the molecule is CC[C@@H]1CC[C@H](CC)P1c1ccccc1P1[C@H](CC)CC[C@@H]1CC. The maximum Gasteiger partial charge on any atom is -0.0158 e. The third-order valence-electron chi connectivity index (χ3n) is 6.56. The number of benzene rings is 1. The zero-order valence-corrected chi connectivity index (χ0v) is 18.0. The summed E-state index contributed by atoms with van der Waals surface area (Å²) in [5, 5.41) is 3.68. The van der Waals surface area contributed by atoms with Gasteiger partial charge >= 0.3 is 0 Å². The summed E-state index contributed by atoms with van der Waals surface area (Å²) in [5.74, 6) is 0. The summed E-state index contributed by atoms with van der Waals surface area (Å²) in [6, 6.07) is 9.79. The van der Waals surface area contributed by atoms with E-state index in [1.54, 1.807) is 0 Å². The summed E-state index contributed by atoms with van der Waals surface area (Å²) in [7, 11) is 0.128. The van der Waals surface area contributed by atoms with Crippen LogP contribution in [0.25, 0.3) is 0 Å². The van der Waals surface area contributed by atoms with Gasteiger partial charge in [0, 0.05) is 0 Å². The van der Waals surface area contributed by atoms with E-state index >= 15 is 0 Å². The van der Waals surface area contributed by atoms with Crippen molar-refractivity contribution < 1.29 is 0 Å². The van der Waals surface area contributed by atoms with Crippen molar-refractivity contribution in [1.29, 1.82) is 0 Å². The topological polar surface area (TPSA) is 0 Å². The van der Waals surface area contributed by atoms with Gasteiger partial charge in [-0.15, -0.1) is 0 Å². The summed E-state index contributed by atoms with van der Waals surface area (Å²) in [5.41, 5.74) is 3.96. The second kappa shape index (κ2) is 8.64. The van der Waals surface area contributed by atoms with Gasteiger partial charge in [-0.2, -0.15) is 0 Å². The summed E-state index contributed by atoms with van der Waals surface area (Å²) < 4.78 is 0. The molecule has 2 heteroatoms. The highest BCUT2D eigenvalue weighted by molar-refractivity contribution is 7.73. The highest BCUT2D eigenvalue weighted by atomic mass is 31.1. The lowest BCUT2D eigenvalue weighted by Crippen LogP contribution is -2.30. The first-order chi connectivity index (χ1) is 11.7. The van der Waals surface area contributed by atoms with Crippen LogP contribution in [-0.2, 0) is 0 Å². The van der Waals surface area contributed by atoms with Gasteiger partial charge in [-0.25, -0.2) is 0 Å². The van der Waals surface area contributed by atoms with Crippen molar-refractivity contribution in [3.05, 3.63) is 24.3 Å². The molecule has 1 aromatic rings. The summed E-state index contributed by atoms with van der Waals surface area (Å²) in [6.45, 7) is 9.74. The highest BCUT2D eigenvalue weighted by Gasteiger charge is 2.40. The molecule has 6 atom stereocenters. The third kappa shape index (κ3) is 3.48. The third-order valence-corrected chi connectivity index (χ3v) is 14.3. The van der Waals surface area contributed by atoms with Crippen LogP contribution in [0.2, 0.25) is 0 Å². The zero-order chi connectivity index (χ0) is 17.1. The molecule has 2 fully saturated rings. The summed E-state index contributed by atoms with van der Waals surface area (Å²) in [4.78, 5) is 0. The monoisotopic (exact) mass is 362 g/mol. The summed E-state index contributed by atoms with van der Waals surface area (Å²) in [6.07, 6.45) is 11.5. The Morgan fingerprint density at radius 3 is 1.17 bits per heavy atom. The minimum atomic E-state index is 0.0639. The molecule has 3 rings (SSSR count). The van der Waals surface area contributed by atoms with E-state index in [9.17, 15) is 0 Å². The first kappa shape index (κ1) is 18.9. The fraction of sp³-hybridized carbons (Fsp3) is 0.727. The molecule has 0 aromatic heterocycles. The molecule has 0 N–H and O–H groups in total. The van der Waals surface area contributed by atoms with E-state index in [4.69, 9.17) is 0 Å². The molecule has 0 amide bonds. The van der Waals surface area contributed by atoms with Gasteiger partial charge in [-0.05, 0) is 84.6 Å². The molecule has 24 heavy (non-hydrogen) atoms. The first-order valence-electron chi connectivity index (χ1n) is 10.4. The van der Waals surface area contributed by atoms with E-state index in [2.05, 4.69) is 52.0 Å². The maximum absolute atomic E-state index is 2.55. The van der Waals surface area contributed by atoms with E-state index in [1.165, 1.54) is 51.4 Å². The van der Waals surface area contributed by atoms with E-state index in [-0.39, 0.29) is 15.8 Å². The predicted molar refractivity (Wildman–Crippen MR) is 114 cm³/mol. The zero-order valence-electron chi connectivity index (χ0n) is 16.2. The molecular formula is C22H36P2. The lowest BCUT2D eigenvalue weighted by atomic mass is 10.1. The fourth-order valence-electron chi connectivity index (χ4n) is 5.21.